The summed E-state index contributed by atoms with van der Waals surface area (Å²) < 4.78 is 13.2. The molecule has 1 saturated carbocycles. The number of para-hydroxylation sites is 1. The van der Waals surface area contributed by atoms with E-state index in [9.17, 15) is 4.39 Å². The zero-order chi connectivity index (χ0) is 12.3. The number of hydrogen-bond acceptors (Lipinski definition) is 2. The van der Waals surface area contributed by atoms with E-state index in [0.717, 1.165) is 12.1 Å². The van der Waals surface area contributed by atoms with Crippen molar-refractivity contribution >= 4 is 5.69 Å². The van der Waals surface area contributed by atoms with Gasteiger partial charge in [0.25, 0.3) is 0 Å². The molecule has 1 aromatic carbocycles. The summed E-state index contributed by atoms with van der Waals surface area (Å²) in [6.07, 6.45) is 5.19. The summed E-state index contributed by atoms with van der Waals surface area (Å²) >= 11 is 0. The molecule has 17 heavy (non-hydrogen) atoms. The number of anilines is 1. The summed E-state index contributed by atoms with van der Waals surface area (Å²) in [5, 5.41) is 3.42. The molecule has 3 N–H and O–H groups in total. The monoisotopic (exact) mass is 236 g/mol. The standard InChI is InChI=1S/C14H21FN2/c1-2-14(7-4-8-14)10-17-9-11-5-3-6-12(15)13(11)16/h3,5-6,17H,2,4,7-10,16H2,1H3. The Morgan fingerprint density at radius 2 is 2.18 bits per heavy atom. The lowest BCUT2D eigenvalue weighted by molar-refractivity contribution is 0.124. The third-order valence-electron chi connectivity index (χ3n) is 4.12. The minimum atomic E-state index is -0.321. The summed E-state index contributed by atoms with van der Waals surface area (Å²) in [5.41, 5.74) is 7.32. The van der Waals surface area contributed by atoms with Crippen molar-refractivity contribution in [2.24, 2.45) is 5.41 Å². The van der Waals surface area contributed by atoms with Crippen molar-refractivity contribution in [3.63, 3.8) is 0 Å². The maximum atomic E-state index is 13.2. The lowest BCUT2D eigenvalue weighted by Crippen LogP contribution is -2.39. The van der Waals surface area contributed by atoms with E-state index >= 15 is 0 Å². The van der Waals surface area contributed by atoms with Crippen LogP contribution in [0.2, 0.25) is 0 Å². The van der Waals surface area contributed by atoms with Gasteiger partial charge in [-0.15, -0.1) is 0 Å². The smallest absolute Gasteiger partial charge is 0.146 e. The normalized spacial score (nSPS) is 17.8. The SMILES string of the molecule is CCC1(CNCc2cccc(F)c2N)CCC1. The van der Waals surface area contributed by atoms with Gasteiger partial charge in [0.05, 0.1) is 5.69 Å². The maximum Gasteiger partial charge on any atom is 0.146 e. The molecular formula is C14H21FN2. The fourth-order valence-corrected chi connectivity index (χ4v) is 2.53. The zero-order valence-corrected chi connectivity index (χ0v) is 10.4. The quantitative estimate of drug-likeness (QED) is 0.771. The molecular weight excluding hydrogens is 215 g/mol. The van der Waals surface area contributed by atoms with Crippen LogP contribution >= 0.6 is 0 Å². The highest BCUT2D eigenvalue weighted by atomic mass is 19.1. The van der Waals surface area contributed by atoms with Gasteiger partial charge in [0, 0.05) is 13.1 Å². The molecule has 94 valence electrons. The first-order chi connectivity index (χ1) is 8.17. The van der Waals surface area contributed by atoms with Gasteiger partial charge in [0.2, 0.25) is 0 Å². The summed E-state index contributed by atoms with van der Waals surface area (Å²) in [5.74, 6) is -0.321. The van der Waals surface area contributed by atoms with Gasteiger partial charge in [-0.3, -0.25) is 0 Å². The van der Waals surface area contributed by atoms with Gasteiger partial charge in [0.1, 0.15) is 5.82 Å². The van der Waals surface area contributed by atoms with Crippen LogP contribution in [0.3, 0.4) is 0 Å². The van der Waals surface area contributed by atoms with Gasteiger partial charge in [-0.05, 0) is 36.3 Å². The number of nitrogens with one attached hydrogen (secondary N) is 1. The number of benzene rings is 1. The zero-order valence-electron chi connectivity index (χ0n) is 10.4. The Labute approximate surface area is 102 Å². The molecule has 1 aliphatic carbocycles. The summed E-state index contributed by atoms with van der Waals surface area (Å²) in [4.78, 5) is 0. The molecule has 0 atom stereocenters. The molecule has 0 heterocycles. The Hall–Kier alpha value is -1.09. The number of hydrogen-bond donors (Lipinski definition) is 2. The molecule has 0 amide bonds. The molecule has 0 bridgehead atoms. The molecule has 0 saturated heterocycles. The van der Waals surface area contributed by atoms with Crippen LogP contribution in [0.15, 0.2) is 18.2 Å². The predicted octanol–water partition coefficient (Wildman–Crippen LogP) is 3.08. The van der Waals surface area contributed by atoms with Crippen molar-refractivity contribution in [1.82, 2.24) is 5.32 Å². The van der Waals surface area contributed by atoms with Crippen LogP contribution in [0, 0.1) is 11.2 Å². The Kier molecular flexibility index (Phi) is 3.67. The molecule has 0 aliphatic heterocycles. The summed E-state index contributed by atoms with van der Waals surface area (Å²) in [6, 6.07) is 4.99. The van der Waals surface area contributed by atoms with Crippen LogP contribution in [0.1, 0.15) is 38.2 Å². The topological polar surface area (TPSA) is 38.0 Å². The van der Waals surface area contributed by atoms with Gasteiger partial charge in [0.15, 0.2) is 0 Å². The maximum absolute atomic E-state index is 13.2. The van der Waals surface area contributed by atoms with Crippen LogP contribution in [0.25, 0.3) is 0 Å². The largest absolute Gasteiger partial charge is 0.396 e. The van der Waals surface area contributed by atoms with Crippen molar-refractivity contribution in [1.29, 1.82) is 0 Å². The van der Waals surface area contributed by atoms with E-state index < -0.39 is 0 Å². The van der Waals surface area contributed by atoms with Crippen molar-refractivity contribution in [2.45, 2.75) is 39.2 Å². The fraction of sp³-hybridized carbons (Fsp3) is 0.571. The van der Waals surface area contributed by atoms with E-state index in [2.05, 4.69) is 12.2 Å². The van der Waals surface area contributed by atoms with E-state index in [-0.39, 0.29) is 11.5 Å². The average Bonchev–Trinajstić information content (AvgIpc) is 2.28. The summed E-state index contributed by atoms with van der Waals surface area (Å²) in [6.45, 7) is 3.92. The Morgan fingerprint density at radius 1 is 1.41 bits per heavy atom. The predicted molar refractivity (Wildman–Crippen MR) is 69.1 cm³/mol. The first-order valence-corrected chi connectivity index (χ1v) is 6.40. The Morgan fingerprint density at radius 3 is 2.76 bits per heavy atom. The van der Waals surface area contributed by atoms with E-state index in [4.69, 9.17) is 5.73 Å². The molecule has 0 spiro atoms. The summed E-state index contributed by atoms with van der Waals surface area (Å²) in [7, 11) is 0. The Balaban J connectivity index is 1.88. The van der Waals surface area contributed by atoms with Crippen molar-refractivity contribution in [2.75, 3.05) is 12.3 Å². The van der Waals surface area contributed by atoms with Gasteiger partial charge in [-0.2, -0.15) is 0 Å². The van der Waals surface area contributed by atoms with Gasteiger partial charge >= 0.3 is 0 Å². The van der Waals surface area contributed by atoms with E-state index in [1.165, 1.54) is 31.7 Å². The second-order valence-corrected chi connectivity index (χ2v) is 5.12. The van der Waals surface area contributed by atoms with Crippen LogP contribution in [-0.4, -0.2) is 6.54 Å². The first-order valence-electron chi connectivity index (χ1n) is 6.40. The third-order valence-corrected chi connectivity index (χ3v) is 4.12. The highest BCUT2D eigenvalue weighted by Gasteiger charge is 2.34. The lowest BCUT2D eigenvalue weighted by atomic mass is 9.67. The van der Waals surface area contributed by atoms with Gasteiger partial charge in [-0.1, -0.05) is 25.5 Å². The molecule has 1 aliphatic rings. The molecule has 1 fully saturated rings. The van der Waals surface area contributed by atoms with E-state index in [1.807, 2.05) is 6.07 Å². The number of nitrogens with two attached hydrogens (primary N) is 1. The lowest BCUT2D eigenvalue weighted by Gasteiger charge is -2.41. The average molecular weight is 236 g/mol. The minimum absolute atomic E-state index is 0.277. The molecule has 2 rings (SSSR count). The van der Waals surface area contributed by atoms with Crippen molar-refractivity contribution < 1.29 is 4.39 Å². The molecule has 1 aromatic rings. The van der Waals surface area contributed by atoms with Crippen LogP contribution in [0.5, 0.6) is 0 Å². The number of rotatable bonds is 5. The Bertz CT molecular complexity index is 380. The second-order valence-electron chi connectivity index (χ2n) is 5.12. The van der Waals surface area contributed by atoms with E-state index in [0.29, 0.717) is 12.0 Å². The first kappa shape index (κ1) is 12.4. The molecule has 2 nitrogen and oxygen atoms in total. The number of nitrogen functional groups attached to an aromatic ring is 1. The van der Waals surface area contributed by atoms with Gasteiger partial charge < -0.3 is 11.1 Å². The minimum Gasteiger partial charge on any atom is -0.396 e. The fourth-order valence-electron chi connectivity index (χ4n) is 2.53. The third kappa shape index (κ3) is 2.60. The van der Waals surface area contributed by atoms with E-state index in [1.54, 1.807) is 6.07 Å². The van der Waals surface area contributed by atoms with Crippen molar-refractivity contribution in [3.05, 3.63) is 29.6 Å². The number of halogens is 1. The molecule has 0 unspecified atom stereocenters. The molecule has 0 radical (unpaired) electrons. The van der Waals surface area contributed by atoms with Crippen LogP contribution in [-0.2, 0) is 6.54 Å². The van der Waals surface area contributed by atoms with Crippen LogP contribution < -0.4 is 11.1 Å². The molecule has 0 aromatic heterocycles. The van der Waals surface area contributed by atoms with Crippen molar-refractivity contribution in [3.8, 4) is 0 Å². The highest BCUT2D eigenvalue weighted by molar-refractivity contribution is 5.47. The van der Waals surface area contributed by atoms with Gasteiger partial charge in [-0.25, -0.2) is 4.39 Å². The molecule has 3 heteroatoms. The highest BCUT2D eigenvalue weighted by Crippen LogP contribution is 2.43. The second kappa shape index (κ2) is 5.05. The van der Waals surface area contributed by atoms with Crippen LogP contribution in [0.4, 0.5) is 10.1 Å².